The van der Waals surface area contributed by atoms with Crippen LogP contribution >= 0.6 is 11.6 Å². The Labute approximate surface area is 129 Å². The van der Waals surface area contributed by atoms with Crippen molar-refractivity contribution in [2.45, 2.75) is 0 Å². The summed E-state index contributed by atoms with van der Waals surface area (Å²) in [5.74, 6) is -1.69. The SMILES string of the molecule is Nc1nc(N)n(-c2ccc(-c3ccc(F)c(F)c3)c(Cl)c2)n1. The summed E-state index contributed by atoms with van der Waals surface area (Å²) < 4.78 is 27.7. The van der Waals surface area contributed by atoms with Gasteiger partial charge in [-0.05, 0) is 29.8 Å². The third kappa shape index (κ3) is 2.46. The third-order valence-electron chi connectivity index (χ3n) is 3.08. The van der Waals surface area contributed by atoms with Crippen molar-refractivity contribution in [2.24, 2.45) is 0 Å². The minimum atomic E-state index is -0.939. The average Bonchev–Trinajstić information content (AvgIpc) is 2.81. The van der Waals surface area contributed by atoms with E-state index in [0.29, 0.717) is 21.8 Å². The molecule has 0 aliphatic rings. The number of nitrogens with zero attached hydrogens (tertiary/aromatic N) is 3. The van der Waals surface area contributed by atoms with Crippen molar-refractivity contribution < 1.29 is 8.78 Å². The van der Waals surface area contributed by atoms with E-state index in [0.717, 1.165) is 12.1 Å². The Kier molecular flexibility index (Phi) is 3.42. The predicted molar refractivity (Wildman–Crippen MR) is 80.5 cm³/mol. The first-order valence-electron chi connectivity index (χ1n) is 6.19. The maximum atomic E-state index is 13.3. The number of hydrogen-bond acceptors (Lipinski definition) is 4. The first-order valence-corrected chi connectivity index (χ1v) is 6.57. The Hall–Kier alpha value is -2.67. The summed E-state index contributed by atoms with van der Waals surface area (Å²) in [6, 6.07) is 8.49. The number of halogens is 3. The smallest absolute Gasteiger partial charge is 0.241 e. The van der Waals surface area contributed by atoms with Crippen molar-refractivity contribution in [3.63, 3.8) is 0 Å². The molecule has 3 aromatic rings. The fraction of sp³-hybridized carbons (Fsp3) is 0. The molecule has 0 aliphatic heterocycles. The van der Waals surface area contributed by atoms with E-state index in [1.807, 2.05) is 0 Å². The summed E-state index contributed by atoms with van der Waals surface area (Å²) >= 11 is 6.22. The maximum absolute atomic E-state index is 13.3. The highest BCUT2D eigenvalue weighted by atomic mass is 35.5. The molecule has 1 aromatic heterocycles. The molecule has 0 unspecified atom stereocenters. The molecule has 0 amide bonds. The lowest BCUT2D eigenvalue weighted by Gasteiger charge is -2.08. The lowest BCUT2D eigenvalue weighted by atomic mass is 10.0. The molecule has 3 rings (SSSR count). The first-order chi connectivity index (χ1) is 10.5. The fourth-order valence-electron chi connectivity index (χ4n) is 2.06. The van der Waals surface area contributed by atoms with Crippen LogP contribution in [0.5, 0.6) is 0 Å². The molecule has 0 bridgehead atoms. The second-order valence-electron chi connectivity index (χ2n) is 4.53. The van der Waals surface area contributed by atoms with Crippen LogP contribution in [0, 0.1) is 11.6 Å². The van der Waals surface area contributed by atoms with E-state index in [4.69, 9.17) is 23.1 Å². The van der Waals surface area contributed by atoms with Gasteiger partial charge >= 0.3 is 0 Å². The third-order valence-corrected chi connectivity index (χ3v) is 3.39. The standard InChI is InChI=1S/C14H10ClF2N5/c15-10-6-8(22-14(19)20-13(18)21-22)2-3-9(10)7-1-4-11(16)12(17)5-7/h1-6H,(H4,18,19,20,21). The maximum Gasteiger partial charge on any atom is 0.241 e. The van der Waals surface area contributed by atoms with Gasteiger partial charge in [-0.1, -0.05) is 23.7 Å². The number of rotatable bonds is 2. The molecule has 0 saturated carbocycles. The van der Waals surface area contributed by atoms with Gasteiger partial charge in [-0.2, -0.15) is 9.67 Å². The van der Waals surface area contributed by atoms with Gasteiger partial charge in [-0.3, -0.25) is 0 Å². The van der Waals surface area contributed by atoms with Gasteiger partial charge in [0, 0.05) is 5.56 Å². The molecule has 0 aliphatic carbocycles. The van der Waals surface area contributed by atoms with Gasteiger partial charge < -0.3 is 11.5 Å². The Morgan fingerprint density at radius 2 is 1.77 bits per heavy atom. The van der Waals surface area contributed by atoms with Gasteiger partial charge in [0.2, 0.25) is 11.9 Å². The quantitative estimate of drug-likeness (QED) is 0.760. The predicted octanol–water partition coefficient (Wildman–Crippen LogP) is 3.03. The van der Waals surface area contributed by atoms with Crippen molar-refractivity contribution in [1.29, 1.82) is 0 Å². The largest absolute Gasteiger partial charge is 0.368 e. The van der Waals surface area contributed by atoms with E-state index in [-0.39, 0.29) is 11.9 Å². The molecule has 5 nitrogen and oxygen atoms in total. The van der Waals surface area contributed by atoms with Crippen molar-refractivity contribution in [3.8, 4) is 16.8 Å². The lowest BCUT2D eigenvalue weighted by molar-refractivity contribution is 0.509. The van der Waals surface area contributed by atoms with E-state index < -0.39 is 11.6 Å². The van der Waals surface area contributed by atoms with E-state index in [2.05, 4.69) is 10.1 Å². The number of nitrogens with two attached hydrogens (primary N) is 2. The van der Waals surface area contributed by atoms with Gasteiger partial charge in [0.1, 0.15) is 0 Å². The first kappa shape index (κ1) is 14.3. The molecular formula is C14H10ClF2N5. The van der Waals surface area contributed by atoms with Crippen LogP contribution in [0.4, 0.5) is 20.7 Å². The van der Waals surface area contributed by atoms with Gasteiger partial charge in [-0.25, -0.2) is 8.78 Å². The fourth-order valence-corrected chi connectivity index (χ4v) is 2.35. The number of nitrogen functional groups attached to an aromatic ring is 2. The van der Waals surface area contributed by atoms with Crippen LogP contribution in [0.25, 0.3) is 16.8 Å². The average molecular weight is 322 g/mol. The van der Waals surface area contributed by atoms with Crippen LogP contribution in [0.3, 0.4) is 0 Å². The summed E-state index contributed by atoms with van der Waals surface area (Å²) in [7, 11) is 0. The number of hydrogen-bond donors (Lipinski definition) is 2. The van der Waals surface area contributed by atoms with Crippen LogP contribution in [0.2, 0.25) is 5.02 Å². The molecule has 0 fully saturated rings. The van der Waals surface area contributed by atoms with Crippen LogP contribution < -0.4 is 11.5 Å². The minimum absolute atomic E-state index is 0.0401. The van der Waals surface area contributed by atoms with Crippen molar-refractivity contribution in [1.82, 2.24) is 14.8 Å². The Bertz CT molecular complexity index is 862. The second-order valence-corrected chi connectivity index (χ2v) is 4.94. The highest BCUT2D eigenvalue weighted by Crippen LogP contribution is 2.31. The lowest BCUT2D eigenvalue weighted by Crippen LogP contribution is -2.02. The van der Waals surface area contributed by atoms with Gasteiger partial charge in [0.25, 0.3) is 0 Å². The number of aromatic nitrogens is 3. The van der Waals surface area contributed by atoms with Gasteiger partial charge in [-0.15, -0.1) is 5.10 Å². The molecule has 4 N–H and O–H groups in total. The minimum Gasteiger partial charge on any atom is -0.368 e. The molecule has 2 aromatic carbocycles. The molecule has 112 valence electrons. The molecule has 1 heterocycles. The Morgan fingerprint density at radius 3 is 2.36 bits per heavy atom. The van der Waals surface area contributed by atoms with Gasteiger partial charge in [0.05, 0.1) is 10.7 Å². The summed E-state index contributed by atoms with van der Waals surface area (Å²) in [6.45, 7) is 0. The van der Waals surface area contributed by atoms with Crippen molar-refractivity contribution >= 4 is 23.5 Å². The van der Waals surface area contributed by atoms with Crippen molar-refractivity contribution in [3.05, 3.63) is 53.1 Å². The molecule has 0 saturated heterocycles. The van der Waals surface area contributed by atoms with E-state index in [1.165, 1.54) is 10.7 Å². The highest BCUT2D eigenvalue weighted by molar-refractivity contribution is 6.33. The van der Waals surface area contributed by atoms with Crippen LogP contribution in [0.15, 0.2) is 36.4 Å². The highest BCUT2D eigenvalue weighted by Gasteiger charge is 2.11. The topological polar surface area (TPSA) is 82.7 Å². The summed E-state index contributed by atoms with van der Waals surface area (Å²) in [4.78, 5) is 3.79. The van der Waals surface area contributed by atoms with Gasteiger partial charge in [0.15, 0.2) is 11.6 Å². The molecule has 22 heavy (non-hydrogen) atoms. The van der Waals surface area contributed by atoms with Crippen molar-refractivity contribution in [2.75, 3.05) is 11.5 Å². The Balaban J connectivity index is 2.05. The second kappa shape index (κ2) is 5.27. The number of anilines is 2. The van der Waals surface area contributed by atoms with Crippen LogP contribution in [-0.2, 0) is 0 Å². The molecular weight excluding hydrogens is 312 g/mol. The van der Waals surface area contributed by atoms with E-state index in [9.17, 15) is 8.78 Å². The van der Waals surface area contributed by atoms with E-state index >= 15 is 0 Å². The zero-order chi connectivity index (χ0) is 15.9. The van der Waals surface area contributed by atoms with Crippen LogP contribution in [0.1, 0.15) is 0 Å². The summed E-state index contributed by atoms with van der Waals surface area (Å²) in [5, 5.41) is 4.27. The van der Waals surface area contributed by atoms with E-state index in [1.54, 1.807) is 18.2 Å². The Morgan fingerprint density at radius 1 is 1.00 bits per heavy atom. The molecule has 0 radical (unpaired) electrons. The molecule has 0 atom stereocenters. The number of benzene rings is 2. The normalized spacial score (nSPS) is 10.9. The monoisotopic (exact) mass is 321 g/mol. The molecule has 0 spiro atoms. The summed E-state index contributed by atoms with van der Waals surface area (Å²) in [6.07, 6.45) is 0. The van der Waals surface area contributed by atoms with Crippen LogP contribution in [-0.4, -0.2) is 14.8 Å². The molecule has 8 heteroatoms. The zero-order valence-electron chi connectivity index (χ0n) is 11.1. The summed E-state index contributed by atoms with van der Waals surface area (Å²) in [5.41, 5.74) is 12.7. The zero-order valence-corrected chi connectivity index (χ0v) is 11.9.